The van der Waals surface area contributed by atoms with Gasteiger partial charge in [-0.05, 0) is 62.9 Å². The molecule has 130 valence electrons. The molecule has 0 unspecified atom stereocenters. The van der Waals surface area contributed by atoms with Crippen LogP contribution in [0.25, 0.3) is 11.0 Å². The molecule has 1 aliphatic rings. The van der Waals surface area contributed by atoms with E-state index in [1.165, 1.54) is 24.1 Å². The summed E-state index contributed by atoms with van der Waals surface area (Å²) < 4.78 is 5.63. The lowest BCUT2D eigenvalue weighted by Gasteiger charge is -2.32. The molecule has 1 amide bonds. The van der Waals surface area contributed by atoms with Crippen LogP contribution >= 0.6 is 0 Å². The van der Waals surface area contributed by atoms with Crippen LogP contribution in [0.2, 0.25) is 0 Å². The fourth-order valence-electron chi connectivity index (χ4n) is 3.54. The van der Waals surface area contributed by atoms with Crippen LogP contribution < -0.4 is 5.32 Å². The van der Waals surface area contributed by atoms with E-state index in [-0.39, 0.29) is 5.91 Å². The molecule has 1 fully saturated rings. The third-order valence-corrected chi connectivity index (χ3v) is 5.11. The highest BCUT2D eigenvalue weighted by atomic mass is 16.3. The summed E-state index contributed by atoms with van der Waals surface area (Å²) in [7, 11) is 0. The number of hydrogen-bond donors (Lipinski definition) is 1. The molecule has 24 heavy (non-hydrogen) atoms. The first-order valence-electron chi connectivity index (χ1n) is 9.06. The van der Waals surface area contributed by atoms with Gasteiger partial charge in [0.2, 0.25) is 5.91 Å². The Labute approximate surface area is 144 Å². The molecule has 4 heteroatoms. The molecule has 3 rings (SSSR count). The molecule has 1 aliphatic heterocycles. The zero-order valence-corrected chi connectivity index (χ0v) is 15.0. The number of benzene rings is 1. The summed E-state index contributed by atoms with van der Waals surface area (Å²) in [5, 5.41) is 4.26. The van der Waals surface area contributed by atoms with Crippen LogP contribution in [0.1, 0.15) is 42.9 Å². The molecule has 0 radical (unpaired) electrons. The Morgan fingerprint density at radius 1 is 1.25 bits per heavy atom. The Morgan fingerprint density at radius 2 is 1.96 bits per heavy atom. The van der Waals surface area contributed by atoms with Gasteiger partial charge < -0.3 is 14.6 Å². The van der Waals surface area contributed by atoms with Crippen molar-refractivity contribution in [3.8, 4) is 0 Å². The molecule has 4 nitrogen and oxygen atoms in total. The number of aryl methyl sites for hydroxylation is 2. The molecule has 2 heterocycles. The van der Waals surface area contributed by atoms with Crippen molar-refractivity contribution in [1.82, 2.24) is 10.2 Å². The maximum Gasteiger partial charge on any atom is 0.224 e. The minimum Gasteiger partial charge on any atom is -0.464 e. The fourth-order valence-corrected chi connectivity index (χ4v) is 3.54. The zero-order chi connectivity index (χ0) is 17.1. The van der Waals surface area contributed by atoms with Crippen LogP contribution in [0.15, 0.2) is 22.8 Å². The Morgan fingerprint density at radius 3 is 2.67 bits per heavy atom. The highest BCUT2D eigenvalue weighted by Gasteiger charge is 2.20. The van der Waals surface area contributed by atoms with Gasteiger partial charge >= 0.3 is 0 Å². The predicted molar refractivity (Wildman–Crippen MR) is 97.3 cm³/mol. The second-order valence-corrected chi connectivity index (χ2v) is 7.05. The molecular formula is C20H28N2O2. The van der Waals surface area contributed by atoms with Crippen molar-refractivity contribution in [2.75, 3.05) is 19.6 Å². The summed E-state index contributed by atoms with van der Waals surface area (Å²) in [6.45, 7) is 9.73. The standard InChI is InChI=1S/C20H28N2O2/c1-4-7-22-8-5-17(6-9-22)21-20(23)12-16-13-24-19-11-15(3)14(2)10-18(16)19/h10-11,13,17H,4-9,12H2,1-3H3,(H,21,23). The van der Waals surface area contributed by atoms with Gasteiger partial charge in [0.25, 0.3) is 0 Å². The lowest BCUT2D eigenvalue weighted by atomic mass is 10.0. The van der Waals surface area contributed by atoms with Crippen LogP contribution in [0, 0.1) is 13.8 Å². The monoisotopic (exact) mass is 328 g/mol. The Hall–Kier alpha value is -1.81. The first-order chi connectivity index (χ1) is 11.6. The summed E-state index contributed by atoms with van der Waals surface area (Å²) in [4.78, 5) is 14.9. The highest BCUT2D eigenvalue weighted by molar-refractivity contribution is 5.88. The maximum absolute atomic E-state index is 12.4. The number of furan rings is 1. The topological polar surface area (TPSA) is 45.5 Å². The van der Waals surface area contributed by atoms with Gasteiger partial charge in [-0.15, -0.1) is 0 Å². The van der Waals surface area contributed by atoms with Gasteiger partial charge in [0.15, 0.2) is 0 Å². The van der Waals surface area contributed by atoms with E-state index in [9.17, 15) is 4.79 Å². The lowest BCUT2D eigenvalue weighted by molar-refractivity contribution is -0.121. The number of piperidine rings is 1. The van der Waals surface area contributed by atoms with Gasteiger partial charge in [-0.25, -0.2) is 0 Å². The van der Waals surface area contributed by atoms with Gasteiger partial charge in [0.1, 0.15) is 5.58 Å². The van der Waals surface area contributed by atoms with Crippen LogP contribution in [-0.2, 0) is 11.2 Å². The first-order valence-corrected chi connectivity index (χ1v) is 9.06. The molecule has 1 N–H and O–H groups in total. The third kappa shape index (κ3) is 3.81. The van der Waals surface area contributed by atoms with Crippen molar-refractivity contribution in [3.63, 3.8) is 0 Å². The average Bonchev–Trinajstić information content (AvgIpc) is 2.92. The summed E-state index contributed by atoms with van der Waals surface area (Å²) in [5.74, 6) is 0.102. The molecule has 1 aromatic heterocycles. The van der Waals surface area contributed by atoms with Gasteiger partial charge in [-0.3, -0.25) is 4.79 Å². The van der Waals surface area contributed by atoms with Crippen LogP contribution in [0.4, 0.5) is 0 Å². The van der Waals surface area contributed by atoms with Gasteiger partial charge in [0.05, 0.1) is 12.7 Å². The quantitative estimate of drug-likeness (QED) is 0.912. The second kappa shape index (κ2) is 7.39. The van der Waals surface area contributed by atoms with E-state index in [2.05, 4.69) is 43.1 Å². The Kier molecular flexibility index (Phi) is 5.24. The van der Waals surface area contributed by atoms with Crippen molar-refractivity contribution >= 4 is 16.9 Å². The normalized spacial score (nSPS) is 16.6. The predicted octanol–water partition coefficient (Wildman–Crippen LogP) is 3.58. The van der Waals surface area contributed by atoms with E-state index in [0.29, 0.717) is 12.5 Å². The van der Waals surface area contributed by atoms with Gasteiger partial charge in [-0.2, -0.15) is 0 Å². The minimum atomic E-state index is 0.102. The number of nitrogens with zero attached hydrogens (tertiary/aromatic N) is 1. The summed E-state index contributed by atoms with van der Waals surface area (Å²) in [6.07, 6.45) is 5.42. The van der Waals surface area contributed by atoms with E-state index in [1.54, 1.807) is 6.26 Å². The first kappa shape index (κ1) is 17.0. The Balaban J connectivity index is 1.59. The number of hydrogen-bond acceptors (Lipinski definition) is 3. The molecule has 2 aromatic rings. The van der Waals surface area contributed by atoms with Crippen molar-refractivity contribution < 1.29 is 9.21 Å². The van der Waals surface area contributed by atoms with Crippen molar-refractivity contribution in [1.29, 1.82) is 0 Å². The maximum atomic E-state index is 12.4. The molecule has 0 spiro atoms. The number of carbonyl (C=O) groups is 1. The highest BCUT2D eigenvalue weighted by Crippen LogP contribution is 2.25. The smallest absolute Gasteiger partial charge is 0.224 e. The third-order valence-electron chi connectivity index (χ3n) is 5.11. The molecule has 0 atom stereocenters. The second-order valence-electron chi connectivity index (χ2n) is 7.05. The van der Waals surface area contributed by atoms with Crippen LogP contribution in [0.3, 0.4) is 0 Å². The summed E-state index contributed by atoms with van der Waals surface area (Å²) in [5.41, 5.74) is 4.29. The number of likely N-dealkylation sites (tertiary alicyclic amines) is 1. The van der Waals surface area contributed by atoms with E-state index >= 15 is 0 Å². The fraction of sp³-hybridized carbons (Fsp3) is 0.550. The minimum absolute atomic E-state index is 0.102. The number of nitrogens with one attached hydrogen (secondary N) is 1. The van der Waals surface area contributed by atoms with E-state index in [0.717, 1.165) is 42.5 Å². The number of rotatable bonds is 5. The SMILES string of the molecule is CCCN1CCC(NC(=O)Cc2coc3cc(C)c(C)cc23)CC1. The molecule has 0 bridgehead atoms. The van der Waals surface area contributed by atoms with Crippen molar-refractivity contribution in [2.45, 2.75) is 52.5 Å². The van der Waals surface area contributed by atoms with E-state index < -0.39 is 0 Å². The average molecular weight is 328 g/mol. The number of amides is 1. The van der Waals surface area contributed by atoms with Crippen LogP contribution in [0.5, 0.6) is 0 Å². The van der Waals surface area contributed by atoms with Gasteiger partial charge in [-0.1, -0.05) is 6.92 Å². The van der Waals surface area contributed by atoms with Crippen molar-refractivity contribution in [2.24, 2.45) is 0 Å². The molecule has 0 saturated carbocycles. The van der Waals surface area contributed by atoms with Gasteiger partial charge in [0, 0.05) is 30.1 Å². The summed E-state index contributed by atoms with van der Waals surface area (Å²) >= 11 is 0. The van der Waals surface area contributed by atoms with Crippen LogP contribution in [-0.4, -0.2) is 36.5 Å². The molecule has 1 saturated heterocycles. The summed E-state index contributed by atoms with van der Waals surface area (Å²) in [6, 6.07) is 4.49. The largest absolute Gasteiger partial charge is 0.464 e. The Bertz CT molecular complexity index is 712. The lowest BCUT2D eigenvalue weighted by Crippen LogP contribution is -2.45. The molecule has 0 aliphatic carbocycles. The van der Waals surface area contributed by atoms with E-state index in [1.807, 2.05) is 0 Å². The van der Waals surface area contributed by atoms with E-state index in [4.69, 9.17) is 4.42 Å². The molecular weight excluding hydrogens is 300 g/mol. The number of carbonyl (C=O) groups excluding carboxylic acids is 1. The number of fused-ring (bicyclic) bond motifs is 1. The molecule has 1 aromatic carbocycles. The zero-order valence-electron chi connectivity index (χ0n) is 15.0. The van der Waals surface area contributed by atoms with Crippen molar-refractivity contribution in [3.05, 3.63) is 35.1 Å².